The van der Waals surface area contributed by atoms with Crippen LogP contribution in [-0.2, 0) is 26.0 Å². The number of rotatable bonds is 11. The Balaban J connectivity index is 2.21. The molecule has 0 aliphatic carbocycles. The van der Waals surface area contributed by atoms with Crippen LogP contribution in [0.1, 0.15) is 19.4 Å². The van der Waals surface area contributed by atoms with Crippen molar-refractivity contribution in [2.45, 2.75) is 37.2 Å². The fraction of sp³-hybridized carbons (Fsp3) is 0.381. The van der Waals surface area contributed by atoms with E-state index in [4.69, 9.17) is 9.47 Å². The summed E-state index contributed by atoms with van der Waals surface area (Å²) in [4.78, 5) is 12.8. The van der Waals surface area contributed by atoms with Gasteiger partial charge in [0.2, 0.25) is 15.9 Å². The first-order valence-electron chi connectivity index (χ1n) is 9.44. The molecule has 2 atom stereocenters. The van der Waals surface area contributed by atoms with Gasteiger partial charge in [0.25, 0.3) is 0 Å². The lowest BCUT2D eigenvalue weighted by Crippen LogP contribution is -2.50. The molecule has 0 fully saturated rings. The summed E-state index contributed by atoms with van der Waals surface area (Å²) in [6, 6.07) is 14.1. The topological polar surface area (TPSA) is 93.7 Å². The molecule has 29 heavy (non-hydrogen) atoms. The van der Waals surface area contributed by atoms with Crippen molar-refractivity contribution in [2.75, 3.05) is 20.3 Å². The highest BCUT2D eigenvalue weighted by Crippen LogP contribution is 2.17. The average Bonchev–Trinajstić information content (AvgIpc) is 2.69. The summed E-state index contributed by atoms with van der Waals surface area (Å²) in [5, 5.41) is 2.79. The minimum atomic E-state index is -3.90. The third-order valence-electron chi connectivity index (χ3n) is 4.15. The first kappa shape index (κ1) is 22.9. The van der Waals surface area contributed by atoms with Crippen molar-refractivity contribution >= 4 is 15.9 Å². The van der Waals surface area contributed by atoms with Gasteiger partial charge in [-0.15, -0.1) is 0 Å². The van der Waals surface area contributed by atoms with Crippen LogP contribution in [0.25, 0.3) is 0 Å². The molecule has 0 radical (unpaired) electrons. The minimum Gasteiger partial charge on any atom is -0.494 e. The van der Waals surface area contributed by atoms with E-state index < -0.39 is 22.0 Å². The third kappa shape index (κ3) is 7.16. The lowest BCUT2D eigenvalue weighted by atomic mass is 10.1. The number of carbonyl (C=O) groups is 1. The number of sulfonamides is 1. The number of amides is 1. The lowest BCUT2D eigenvalue weighted by Gasteiger charge is -2.21. The van der Waals surface area contributed by atoms with Crippen molar-refractivity contribution in [3.63, 3.8) is 0 Å². The predicted octanol–water partition coefficient (Wildman–Crippen LogP) is 2.13. The number of carbonyl (C=O) groups excluding carboxylic acids is 1. The number of benzene rings is 2. The van der Waals surface area contributed by atoms with E-state index in [1.807, 2.05) is 37.3 Å². The number of ether oxygens (including phenoxy) is 2. The number of nitrogens with one attached hydrogen (secondary N) is 2. The second-order valence-corrected chi connectivity index (χ2v) is 8.35. The molecule has 0 aliphatic rings. The zero-order chi connectivity index (χ0) is 21.3. The van der Waals surface area contributed by atoms with E-state index in [-0.39, 0.29) is 17.4 Å². The maximum Gasteiger partial charge on any atom is 0.241 e. The van der Waals surface area contributed by atoms with E-state index in [1.54, 1.807) is 26.2 Å². The van der Waals surface area contributed by atoms with Crippen LogP contribution in [-0.4, -0.2) is 46.7 Å². The Kier molecular flexibility index (Phi) is 8.63. The average molecular weight is 421 g/mol. The normalized spacial score (nSPS) is 13.5. The molecule has 7 nitrogen and oxygen atoms in total. The van der Waals surface area contributed by atoms with Crippen molar-refractivity contribution in [1.29, 1.82) is 0 Å². The zero-order valence-corrected chi connectivity index (χ0v) is 17.7. The van der Waals surface area contributed by atoms with Gasteiger partial charge in [-0.3, -0.25) is 4.79 Å². The van der Waals surface area contributed by atoms with Crippen LogP contribution in [0.2, 0.25) is 0 Å². The maximum absolute atomic E-state index is 12.9. The molecular formula is C21H28N2O5S. The number of methoxy groups -OCH3 is 1. The Hall–Kier alpha value is -2.42. The van der Waals surface area contributed by atoms with Crippen molar-refractivity contribution in [2.24, 2.45) is 0 Å². The summed E-state index contributed by atoms with van der Waals surface area (Å²) in [6.45, 7) is 4.46. The van der Waals surface area contributed by atoms with E-state index in [2.05, 4.69) is 10.0 Å². The van der Waals surface area contributed by atoms with Crippen LogP contribution in [0.15, 0.2) is 59.5 Å². The third-order valence-corrected chi connectivity index (χ3v) is 5.63. The second-order valence-electron chi connectivity index (χ2n) is 6.63. The molecule has 0 unspecified atom stereocenters. The van der Waals surface area contributed by atoms with Crippen LogP contribution < -0.4 is 14.8 Å². The summed E-state index contributed by atoms with van der Waals surface area (Å²) in [5.41, 5.74) is 0.849. The lowest BCUT2D eigenvalue weighted by molar-refractivity contribution is -0.123. The Morgan fingerprint density at radius 2 is 1.72 bits per heavy atom. The van der Waals surface area contributed by atoms with Gasteiger partial charge in [-0.05, 0) is 50.1 Å². The highest BCUT2D eigenvalue weighted by molar-refractivity contribution is 7.89. The van der Waals surface area contributed by atoms with Crippen LogP contribution >= 0.6 is 0 Å². The quantitative estimate of drug-likeness (QED) is 0.581. The Labute approximate surface area is 172 Å². The van der Waals surface area contributed by atoms with Crippen LogP contribution in [0.5, 0.6) is 5.75 Å². The fourth-order valence-electron chi connectivity index (χ4n) is 2.81. The molecular weight excluding hydrogens is 392 g/mol. The molecule has 0 bridgehead atoms. The molecule has 2 rings (SSSR count). The Bertz CT molecular complexity index is 870. The number of hydrogen-bond acceptors (Lipinski definition) is 5. The van der Waals surface area contributed by atoms with Gasteiger partial charge in [0, 0.05) is 13.2 Å². The van der Waals surface area contributed by atoms with E-state index in [0.29, 0.717) is 19.0 Å². The molecule has 1 amide bonds. The van der Waals surface area contributed by atoms with Crippen LogP contribution in [0, 0.1) is 0 Å². The summed E-state index contributed by atoms with van der Waals surface area (Å²) in [7, 11) is -2.36. The largest absolute Gasteiger partial charge is 0.494 e. The highest BCUT2D eigenvalue weighted by atomic mass is 32.2. The van der Waals surface area contributed by atoms with E-state index in [0.717, 1.165) is 5.56 Å². The van der Waals surface area contributed by atoms with Crippen molar-refractivity contribution < 1.29 is 22.7 Å². The van der Waals surface area contributed by atoms with E-state index >= 15 is 0 Å². The second kappa shape index (κ2) is 10.9. The van der Waals surface area contributed by atoms with Gasteiger partial charge in [0.15, 0.2) is 0 Å². The molecule has 2 aromatic carbocycles. The van der Waals surface area contributed by atoms with Crippen molar-refractivity contribution in [3.8, 4) is 5.75 Å². The molecule has 0 aliphatic heterocycles. The van der Waals surface area contributed by atoms with Gasteiger partial charge < -0.3 is 14.8 Å². The zero-order valence-electron chi connectivity index (χ0n) is 16.9. The van der Waals surface area contributed by atoms with Gasteiger partial charge >= 0.3 is 0 Å². The number of hydrogen-bond donors (Lipinski definition) is 2. The Morgan fingerprint density at radius 1 is 1.07 bits per heavy atom. The first-order chi connectivity index (χ1) is 13.9. The molecule has 158 valence electrons. The maximum atomic E-state index is 12.9. The molecule has 0 heterocycles. The van der Waals surface area contributed by atoms with Crippen LogP contribution in [0.4, 0.5) is 0 Å². The van der Waals surface area contributed by atoms with Gasteiger partial charge in [-0.2, -0.15) is 4.72 Å². The SMILES string of the molecule is CCOc1ccc(S(=O)(=O)N[C@H](Cc2ccccc2)C(=O)N[C@H](C)COC)cc1. The summed E-state index contributed by atoms with van der Waals surface area (Å²) in [5.74, 6) is 0.173. The first-order valence-corrected chi connectivity index (χ1v) is 10.9. The fourth-order valence-corrected chi connectivity index (χ4v) is 4.01. The van der Waals surface area contributed by atoms with Crippen molar-refractivity contribution in [1.82, 2.24) is 10.0 Å². The van der Waals surface area contributed by atoms with Gasteiger partial charge in [0.05, 0.1) is 18.1 Å². The Morgan fingerprint density at radius 3 is 2.31 bits per heavy atom. The standard InChI is InChI=1S/C21H28N2O5S/c1-4-28-18-10-12-19(13-11-18)29(25,26)23-20(14-17-8-6-5-7-9-17)21(24)22-16(2)15-27-3/h5-13,16,20,23H,4,14-15H2,1-3H3,(H,22,24)/t16-,20-/m1/s1. The summed E-state index contributed by atoms with van der Waals surface area (Å²) in [6.07, 6.45) is 0.225. The smallest absolute Gasteiger partial charge is 0.241 e. The van der Waals surface area contributed by atoms with Crippen LogP contribution in [0.3, 0.4) is 0 Å². The molecule has 8 heteroatoms. The van der Waals surface area contributed by atoms with Gasteiger partial charge in [0.1, 0.15) is 11.8 Å². The highest BCUT2D eigenvalue weighted by Gasteiger charge is 2.27. The molecule has 2 aromatic rings. The van der Waals surface area contributed by atoms with Gasteiger partial charge in [-0.1, -0.05) is 30.3 Å². The molecule has 0 spiro atoms. The molecule has 2 N–H and O–H groups in total. The monoisotopic (exact) mass is 420 g/mol. The van der Waals surface area contributed by atoms with Crippen molar-refractivity contribution in [3.05, 3.63) is 60.2 Å². The summed E-state index contributed by atoms with van der Waals surface area (Å²) < 4.78 is 38.6. The van der Waals surface area contributed by atoms with E-state index in [9.17, 15) is 13.2 Å². The minimum absolute atomic E-state index is 0.0664. The molecule has 0 saturated heterocycles. The molecule has 0 aromatic heterocycles. The summed E-state index contributed by atoms with van der Waals surface area (Å²) >= 11 is 0. The van der Waals surface area contributed by atoms with Gasteiger partial charge in [-0.25, -0.2) is 8.42 Å². The predicted molar refractivity (Wildman–Crippen MR) is 111 cm³/mol. The van der Waals surface area contributed by atoms with E-state index in [1.165, 1.54) is 12.1 Å². The molecule has 0 saturated carbocycles.